The van der Waals surface area contributed by atoms with E-state index in [1.807, 2.05) is 0 Å². The first-order valence-electron chi connectivity index (χ1n) is 25.4. The van der Waals surface area contributed by atoms with E-state index in [-0.39, 0.29) is 0 Å². The van der Waals surface area contributed by atoms with Crippen molar-refractivity contribution in [3.8, 4) is 44.5 Å². The largest absolute Gasteiger partial charge is 0.309 e. The molecule has 0 atom stereocenters. The summed E-state index contributed by atoms with van der Waals surface area (Å²) in [5.74, 6) is 0. The van der Waals surface area contributed by atoms with Crippen LogP contribution in [0.3, 0.4) is 0 Å². The zero-order valence-corrected chi connectivity index (χ0v) is 40.2. The third-order valence-corrected chi connectivity index (χ3v) is 15.8. The van der Waals surface area contributed by atoms with E-state index in [1.54, 1.807) is 0 Å². The summed E-state index contributed by atoms with van der Waals surface area (Å²) in [6, 6.07) is 111. The minimum absolute atomic E-state index is 0.578. The maximum Gasteiger partial charge on any atom is 0.0714 e. The second-order valence-electron chi connectivity index (χ2n) is 19.4. The standard InChI is InChI=1S/C72H49N/c1-6-23-50(24-7-1)51-41-43-53(44-42-51)69-59-34-17-16-25-52(59)45-48-68(69)73(58-46-47-61-60-35-18-20-37-63(60)72(66(61)49-58,56-30-12-4-13-31-56)57-32-14-5-15-33-57)67-40-22-39-65-70(67)62-36-19-21-38-64(62)71(65,54-26-8-2-9-27-54)55-28-10-3-11-29-55/h1-49H. The fraction of sp³-hybridized carbons (Fsp3) is 0.0278. The molecule has 0 unspecified atom stereocenters. The number of hydrogen-bond donors (Lipinski definition) is 0. The van der Waals surface area contributed by atoms with Gasteiger partial charge in [0, 0.05) is 16.8 Å². The summed E-state index contributed by atoms with van der Waals surface area (Å²) in [6.45, 7) is 0. The lowest BCUT2D eigenvalue weighted by molar-refractivity contribution is 0.768. The maximum atomic E-state index is 2.60. The quantitative estimate of drug-likeness (QED) is 0.139. The summed E-state index contributed by atoms with van der Waals surface area (Å²) in [7, 11) is 0. The Kier molecular flexibility index (Phi) is 10.0. The predicted molar refractivity (Wildman–Crippen MR) is 304 cm³/mol. The highest BCUT2D eigenvalue weighted by Crippen LogP contribution is 2.62. The molecule has 2 aliphatic rings. The lowest BCUT2D eigenvalue weighted by Gasteiger charge is -2.36. The van der Waals surface area contributed by atoms with Crippen LogP contribution in [0.5, 0.6) is 0 Å². The van der Waals surface area contributed by atoms with Crippen molar-refractivity contribution in [2.24, 2.45) is 0 Å². The zero-order valence-electron chi connectivity index (χ0n) is 40.2. The molecule has 0 heterocycles. The van der Waals surface area contributed by atoms with Crippen molar-refractivity contribution in [2.45, 2.75) is 10.8 Å². The Balaban J connectivity index is 1.10. The lowest BCUT2D eigenvalue weighted by atomic mass is 9.67. The number of hydrogen-bond acceptors (Lipinski definition) is 1. The van der Waals surface area contributed by atoms with Crippen molar-refractivity contribution in [1.29, 1.82) is 0 Å². The third-order valence-electron chi connectivity index (χ3n) is 15.8. The van der Waals surface area contributed by atoms with Crippen LogP contribution in [0.1, 0.15) is 44.5 Å². The first-order valence-corrected chi connectivity index (χ1v) is 25.4. The summed E-state index contributed by atoms with van der Waals surface area (Å²) < 4.78 is 0. The van der Waals surface area contributed by atoms with Gasteiger partial charge in [-0.1, -0.05) is 273 Å². The number of rotatable bonds is 9. The van der Waals surface area contributed by atoms with Gasteiger partial charge >= 0.3 is 0 Å². The highest BCUT2D eigenvalue weighted by Gasteiger charge is 2.49. The van der Waals surface area contributed by atoms with E-state index in [1.165, 1.54) is 94.2 Å². The summed E-state index contributed by atoms with van der Waals surface area (Å²) in [4.78, 5) is 2.60. The number of anilines is 3. The maximum absolute atomic E-state index is 2.60. The molecular formula is C72H49N. The number of benzene rings is 12. The molecule has 0 spiro atoms. The molecule has 0 fully saturated rings. The minimum atomic E-state index is -0.587. The summed E-state index contributed by atoms with van der Waals surface area (Å²) in [5.41, 5.74) is 21.9. The molecule has 1 nitrogen and oxygen atoms in total. The molecule has 0 N–H and O–H groups in total. The van der Waals surface area contributed by atoms with Crippen LogP contribution in [0.4, 0.5) is 17.1 Å². The Labute approximate surface area is 427 Å². The van der Waals surface area contributed by atoms with Crippen LogP contribution >= 0.6 is 0 Å². The van der Waals surface area contributed by atoms with Gasteiger partial charge in [0.05, 0.1) is 22.2 Å². The molecule has 0 aliphatic heterocycles. The third kappa shape index (κ3) is 6.42. The van der Waals surface area contributed by atoms with E-state index in [0.29, 0.717) is 0 Å². The van der Waals surface area contributed by atoms with Crippen LogP contribution in [-0.4, -0.2) is 0 Å². The van der Waals surface area contributed by atoms with Crippen LogP contribution in [0, 0.1) is 0 Å². The van der Waals surface area contributed by atoms with E-state index in [0.717, 1.165) is 22.6 Å². The van der Waals surface area contributed by atoms with Gasteiger partial charge in [-0.05, 0) is 113 Å². The summed E-state index contributed by atoms with van der Waals surface area (Å²) in [5, 5.41) is 2.39. The highest BCUT2D eigenvalue weighted by molar-refractivity contribution is 6.08. The molecule has 0 saturated carbocycles. The normalized spacial score (nSPS) is 13.4. The van der Waals surface area contributed by atoms with Crippen molar-refractivity contribution >= 4 is 27.8 Å². The van der Waals surface area contributed by atoms with Gasteiger partial charge in [-0.3, -0.25) is 0 Å². The van der Waals surface area contributed by atoms with Crippen molar-refractivity contribution in [3.05, 3.63) is 342 Å². The van der Waals surface area contributed by atoms with Gasteiger partial charge in [0.25, 0.3) is 0 Å². The first kappa shape index (κ1) is 42.6. The van der Waals surface area contributed by atoms with E-state index in [4.69, 9.17) is 0 Å². The average molecular weight is 928 g/mol. The van der Waals surface area contributed by atoms with Crippen LogP contribution in [0.25, 0.3) is 55.3 Å². The van der Waals surface area contributed by atoms with Gasteiger partial charge in [-0.25, -0.2) is 0 Å². The molecule has 0 bridgehead atoms. The molecule has 0 saturated heterocycles. The Bertz CT molecular complexity index is 3910. The SMILES string of the molecule is c1ccc(-c2ccc(-c3c(N(c4ccc5c(c4)C(c4ccccc4)(c4ccccc4)c4ccccc4-5)c4cccc5c4-c4ccccc4C5(c4ccccc4)c4ccccc4)ccc4ccccc34)cc2)cc1. The van der Waals surface area contributed by atoms with Gasteiger partial charge in [-0.2, -0.15) is 0 Å². The molecule has 0 radical (unpaired) electrons. The van der Waals surface area contributed by atoms with Gasteiger partial charge in [0.2, 0.25) is 0 Å². The lowest BCUT2D eigenvalue weighted by Crippen LogP contribution is -2.29. The molecule has 0 aromatic heterocycles. The molecule has 12 aromatic carbocycles. The van der Waals surface area contributed by atoms with Crippen molar-refractivity contribution in [3.63, 3.8) is 0 Å². The van der Waals surface area contributed by atoms with Gasteiger partial charge < -0.3 is 4.90 Å². The number of nitrogens with zero attached hydrogens (tertiary/aromatic N) is 1. The van der Waals surface area contributed by atoms with E-state index >= 15 is 0 Å². The number of fused-ring (bicyclic) bond motifs is 7. The average Bonchev–Trinajstić information content (AvgIpc) is 3.95. The monoisotopic (exact) mass is 927 g/mol. The van der Waals surface area contributed by atoms with Gasteiger partial charge in [0.1, 0.15) is 0 Å². The fourth-order valence-electron chi connectivity index (χ4n) is 12.8. The van der Waals surface area contributed by atoms with Crippen LogP contribution < -0.4 is 4.90 Å². The van der Waals surface area contributed by atoms with E-state index < -0.39 is 10.8 Å². The molecule has 1 heteroatoms. The van der Waals surface area contributed by atoms with Crippen molar-refractivity contribution < 1.29 is 0 Å². The molecule has 0 amide bonds. The Hall–Kier alpha value is -9.30. The Morgan fingerprint density at radius 1 is 0.247 bits per heavy atom. The second-order valence-corrected chi connectivity index (χ2v) is 19.4. The molecule has 2 aliphatic carbocycles. The van der Waals surface area contributed by atoms with E-state index in [2.05, 4.69) is 302 Å². The highest BCUT2D eigenvalue weighted by atomic mass is 15.1. The minimum Gasteiger partial charge on any atom is -0.309 e. The van der Waals surface area contributed by atoms with Crippen LogP contribution in [-0.2, 0) is 10.8 Å². The van der Waals surface area contributed by atoms with Crippen LogP contribution in [0.15, 0.2) is 297 Å². The molecule has 73 heavy (non-hydrogen) atoms. The molecule has 342 valence electrons. The summed E-state index contributed by atoms with van der Waals surface area (Å²) in [6.07, 6.45) is 0. The first-order chi connectivity index (χ1) is 36.2. The smallest absolute Gasteiger partial charge is 0.0714 e. The van der Waals surface area contributed by atoms with Gasteiger partial charge in [0.15, 0.2) is 0 Å². The van der Waals surface area contributed by atoms with Gasteiger partial charge in [-0.15, -0.1) is 0 Å². The fourth-order valence-corrected chi connectivity index (χ4v) is 12.8. The second kappa shape index (κ2) is 17.2. The molecular weight excluding hydrogens is 879 g/mol. The van der Waals surface area contributed by atoms with Crippen molar-refractivity contribution in [2.75, 3.05) is 4.90 Å². The zero-order chi connectivity index (χ0) is 48.3. The Morgan fingerprint density at radius 2 is 0.685 bits per heavy atom. The summed E-state index contributed by atoms with van der Waals surface area (Å²) >= 11 is 0. The van der Waals surface area contributed by atoms with Crippen LogP contribution in [0.2, 0.25) is 0 Å². The molecule has 12 aromatic rings. The molecule has 14 rings (SSSR count). The van der Waals surface area contributed by atoms with Crippen molar-refractivity contribution in [1.82, 2.24) is 0 Å². The Morgan fingerprint density at radius 3 is 1.30 bits per heavy atom. The predicted octanol–water partition coefficient (Wildman–Crippen LogP) is 18.4. The topological polar surface area (TPSA) is 3.24 Å². The van der Waals surface area contributed by atoms with E-state index in [9.17, 15) is 0 Å².